The Hall–Kier alpha value is -2.35. The Morgan fingerprint density at radius 1 is 1.10 bits per heavy atom. The molecule has 1 aliphatic rings. The minimum absolute atomic E-state index is 0.155. The van der Waals surface area contributed by atoms with Crippen molar-refractivity contribution in [1.29, 1.82) is 0 Å². The summed E-state index contributed by atoms with van der Waals surface area (Å²) in [6.07, 6.45) is 5.19. The van der Waals surface area contributed by atoms with Gasteiger partial charge in [-0.3, -0.25) is 4.79 Å². The van der Waals surface area contributed by atoms with Gasteiger partial charge in [0.25, 0.3) is 0 Å². The van der Waals surface area contributed by atoms with Crippen molar-refractivity contribution >= 4 is 11.9 Å². The van der Waals surface area contributed by atoms with Crippen LogP contribution in [0.25, 0.3) is 6.08 Å². The average Bonchev–Trinajstić information content (AvgIpc) is 3.33. The molecule has 21 heavy (non-hydrogen) atoms. The molecule has 0 spiro atoms. The van der Waals surface area contributed by atoms with Gasteiger partial charge in [0.05, 0.1) is 7.11 Å². The molecule has 2 heteroatoms. The van der Waals surface area contributed by atoms with Gasteiger partial charge < -0.3 is 4.74 Å². The number of ketones is 1. The molecule has 0 heterocycles. The van der Waals surface area contributed by atoms with E-state index in [2.05, 4.69) is 12.2 Å². The first kappa shape index (κ1) is 13.6. The topological polar surface area (TPSA) is 26.3 Å². The molecule has 106 valence electrons. The fraction of sp³-hybridized carbons (Fsp3) is 0.211. The van der Waals surface area contributed by atoms with E-state index in [1.54, 1.807) is 7.11 Å². The van der Waals surface area contributed by atoms with E-state index in [1.807, 2.05) is 54.6 Å². The molecule has 0 aliphatic heterocycles. The van der Waals surface area contributed by atoms with Crippen LogP contribution in [0, 0.1) is 11.8 Å². The van der Waals surface area contributed by atoms with Crippen molar-refractivity contribution in [3.05, 3.63) is 71.8 Å². The van der Waals surface area contributed by atoms with Gasteiger partial charge >= 0.3 is 0 Å². The van der Waals surface area contributed by atoms with Gasteiger partial charge in [-0.1, -0.05) is 54.6 Å². The van der Waals surface area contributed by atoms with Crippen LogP contribution < -0.4 is 4.74 Å². The summed E-state index contributed by atoms with van der Waals surface area (Å²) in [5, 5.41) is 0. The van der Waals surface area contributed by atoms with E-state index in [0.717, 1.165) is 23.3 Å². The number of benzene rings is 2. The molecule has 2 nitrogen and oxygen atoms in total. The van der Waals surface area contributed by atoms with Gasteiger partial charge in [0.2, 0.25) is 0 Å². The largest absolute Gasteiger partial charge is 0.497 e. The summed E-state index contributed by atoms with van der Waals surface area (Å²) >= 11 is 0. The number of carbonyl (C=O) groups excluding carboxylic acids is 1. The molecule has 0 saturated heterocycles. The van der Waals surface area contributed by atoms with Crippen LogP contribution in [-0.4, -0.2) is 12.9 Å². The zero-order chi connectivity index (χ0) is 14.7. The summed E-state index contributed by atoms with van der Waals surface area (Å²) in [5.41, 5.74) is 1.96. The summed E-state index contributed by atoms with van der Waals surface area (Å²) in [7, 11) is 1.66. The van der Waals surface area contributed by atoms with Gasteiger partial charge in [0.1, 0.15) is 5.75 Å². The van der Waals surface area contributed by atoms with E-state index in [4.69, 9.17) is 4.74 Å². The molecule has 2 aromatic carbocycles. The third-order valence-corrected chi connectivity index (χ3v) is 3.89. The van der Waals surface area contributed by atoms with Crippen molar-refractivity contribution < 1.29 is 9.53 Å². The molecule has 1 fully saturated rings. The van der Waals surface area contributed by atoms with Gasteiger partial charge in [-0.15, -0.1) is 0 Å². The van der Waals surface area contributed by atoms with E-state index in [0.29, 0.717) is 5.92 Å². The maximum atomic E-state index is 12.3. The molecular formula is C19H18O2. The van der Waals surface area contributed by atoms with Crippen LogP contribution in [0.15, 0.2) is 60.7 Å². The van der Waals surface area contributed by atoms with Crippen molar-refractivity contribution in [2.24, 2.45) is 11.8 Å². The highest BCUT2D eigenvalue weighted by atomic mass is 16.5. The maximum Gasteiger partial charge on any atom is 0.166 e. The van der Waals surface area contributed by atoms with Crippen LogP contribution in [0.5, 0.6) is 5.75 Å². The lowest BCUT2D eigenvalue weighted by Gasteiger charge is -1.99. The highest BCUT2D eigenvalue weighted by Gasteiger charge is 2.40. The Bertz CT molecular complexity index is 641. The van der Waals surface area contributed by atoms with E-state index in [1.165, 1.54) is 0 Å². The van der Waals surface area contributed by atoms with E-state index in [9.17, 15) is 4.79 Å². The standard InChI is InChI=1S/C19H18O2/c1-21-17-11-8-14(9-12-17)7-10-16-13-18(16)19(20)15-5-3-2-4-6-15/h2-12,16,18H,13H2,1H3/b10-7+/t16-,18-/m1/s1. The maximum absolute atomic E-state index is 12.3. The van der Waals surface area contributed by atoms with Crippen molar-refractivity contribution in [1.82, 2.24) is 0 Å². The number of carbonyl (C=O) groups is 1. The van der Waals surface area contributed by atoms with Crippen LogP contribution in [0.3, 0.4) is 0 Å². The number of methoxy groups -OCH3 is 1. The minimum Gasteiger partial charge on any atom is -0.497 e. The molecule has 1 aliphatic carbocycles. The SMILES string of the molecule is COc1ccc(/C=C/[C@@H]2C[C@H]2C(=O)c2ccccc2)cc1. The lowest BCUT2D eigenvalue weighted by Crippen LogP contribution is -2.02. The highest BCUT2D eigenvalue weighted by Crippen LogP contribution is 2.42. The van der Waals surface area contributed by atoms with Gasteiger partial charge in [-0.2, -0.15) is 0 Å². The Morgan fingerprint density at radius 2 is 1.81 bits per heavy atom. The molecule has 0 N–H and O–H groups in total. The lowest BCUT2D eigenvalue weighted by atomic mass is 10.1. The molecule has 2 atom stereocenters. The summed E-state index contributed by atoms with van der Waals surface area (Å²) in [4.78, 5) is 12.3. The predicted molar refractivity (Wildman–Crippen MR) is 84.4 cm³/mol. The van der Waals surface area contributed by atoms with E-state index >= 15 is 0 Å². The second kappa shape index (κ2) is 5.96. The summed E-state index contributed by atoms with van der Waals surface area (Å²) in [6.45, 7) is 0. The molecule has 1 saturated carbocycles. The summed E-state index contributed by atoms with van der Waals surface area (Å²) in [6, 6.07) is 17.5. The molecular weight excluding hydrogens is 260 g/mol. The van der Waals surface area contributed by atoms with Gasteiger partial charge in [0, 0.05) is 11.5 Å². The molecule has 0 radical (unpaired) electrons. The Kier molecular flexibility index (Phi) is 3.87. The predicted octanol–water partition coefficient (Wildman–Crippen LogP) is 4.23. The van der Waals surface area contributed by atoms with Crippen LogP contribution in [-0.2, 0) is 0 Å². The first-order chi connectivity index (χ1) is 10.3. The Labute approximate surface area is 125 Å². The normalized spacial score (nSPS) is 20.4. The summed E-state index contributed by atoms with van der Waals surface area (Å²) in [5.74, 6) is 1.65. The quantitative estimate of drug-likeness (QED) is 0.765. The smallest absolute Gasteiger partial charge is 0.166 e. The average molecular weight is 278 g/mol. The van der Waals surface area contributed by atoms with Crippen LogP contribution in [0.2, 0.25) is 0 Å². The first-order valence-electron chi connectivity index (χ1n) is 7.19. The second-order valence-corrected chi connectivity index (χ2v) is 5.37. The fourth-order valence-electron chi connectivity index (χ4n) is 2.50. The number of ether oxygens (including phenoxy) is 1. The zero-order valence-corrected chi connectivity index (χ0v) is 12.0. The molecule has 0 unspecified atom stereocenters. The highest BCUT2D eigenvalue weighted by molar-refractivity contribution is 5.99. The van der Waals surface area contributed by atoms with Crippen molar-refractivity contribution in [2.45, 2.75) is 6.42 Å². The van der Waals surface area contributed by atoms with Crippen LogP contribution >= 0.6 is 0 Å². The number of allylic oxidation sites excluding steroid dienone is 1. The monoisotopic (exact) mass is 278 g/mol. The number of hydrogen-bond donors (Lipinski definition) is 0. The fourth-order valence-corrected chi connectivity index (χ4v) is 2.50. The zero-order valence-electron chi connectivity index (χ0n) is 12.0. The molecule has 3 rings (SSSR count). The summed E-state index contributed by atoms with van der Waals surface area (Å²) < 4.78 is 5.14. The molecule has 2 aromatic rings. The van der Waals surface area contributed by atoms with E-state index in [-0.39, 0.29) is 11.7 Å². The Morgan fingerprint density at radius 3 is 2.48 bits per heavy atom. The van der Waals surface area contributed by atoms with Crippen LogP contribution in [0.4, 0.5) is 0 Å². The number of Topliss-reactive ketones (excluding diaryl/α,β-unsaturated/α-hetero) is 1. The van der Waals surface area contributed by atoms with Crippen molar-refractivity contribution in [3.63, 3.8) is 0 Å². The second-order valence-electron chi connectivity index (χ2n) is 5.37. The van der Waals surface area contributed by atoms with E-state index < -0.39 is 0 Å². The molecule has 0 bridgehead atoms. The number of hydrogen-bond acceptors (Lipinski definition) is 2. The first-order valence-corrected chi connectivity index (χ1v) is 7.19. The molecule has 0 amide bonds. The Balaban J connectivity index is 1.60. The van der Waals surface area contributed by atoms with Gasteiger partial charge in [-0.25, -0.2) is 0 Å². The third kappa shape index (κ3) is 3.22. The lowest BCUT2D eigenvalue weighted by molar-refractivity contribution is 0.0964. The van der Waals surface area contributed by atoms with Crippen molar-refractivity contribution in [3.8, 4) is 5.75 Å². The van der Waals surface area contributed by atoms with Gasteiger partial charge in [0.15, 0.2) is 5.78 Å². The van der Waals surface area contributed by atoms with Crippen LogP contribution in [0.1, 0.15) is 22.3 Å². The third-order valence-electron chi connectivity index (χ3n) is 3.89. The molecule has 0 aromatic heterocycles. The number of rotatable bonds is 5. The van der Waals surface area contributed by atoms with Crippen molar-refractivity contribution in [2.75, 3.05) is 7.11 Å². The van der Waals surface area contributed by atoms with Gasteiger partial charge in [-0.05, 0) is 30.0 Å². The minimum atomic E-state index is 0.155.